The quantitative estimate of drug-likeness (QED) is 0.348. The molecule has 0 amide bonds. The van der Waals surface area contributed by atoms with Crippen LogP contribution in [-0.2, 0) is 0 Å². The number of aryl methyl sites for hydroxylation is 1. The summed E-state index contributed by atoms with van der Waals surface area (Å²) in [4.78, 5) is 10.1. The Labute approximate surface area is 103 Å². The largest absolute Gasteiger partial charge is 0.493 e. The van der Waals surface area contributed by atoms with E-state index in [1.54, 1.807) is 6.07 Å². The Morgan fingerprint density at radius 1 is 1.44 bits per heavy atom. The molecule has 5 heteroatoms. The van der Waals surface area contributed by atoms with Gasteiger partial charge < -0.3 is 4.74 Å². The van der Waals surface area contributed by atoms with Crippen molar-refractivity contribution in [1.82, 2.24) is 0 Å². The van der Waals surface area contributed by atoms with E-state index in [1.807, 2.05) is 6.92 Å². The normalized spacial score (nSPS) is 10.1. The molecule has 0 saturated heterocycles. The Kier molecular flexibility index (Phi) is 5.25. The smallest absolute Gasteiger partial charge is 0.269 e. The molecule has 0 saturated carbocycles. The number of halogens is 1. The Bertz CT molecular complexity index is 368. The predicted molar refractivity (Wildman–Crippen MR) is 66.4 cm³/mol. The summed E-state index contributed by atoms with van der Waals surface area (Å²) in [7, 11) is 0. The first-order valence-corrected chi connectivity index (χ1v) is 6.21. The average molecular weight is 288 g/mol. The molecule has 4 nitrogen and oxygen atoms in total. The van der Waals surface area contributed by atoms with Gasteiger partial charge in [-0.1, -0.05) is 15.9 Å². The Morgan fingerprint density at radius 2 is 2.19 bits per heavy atom. The summed E-state index contributed by atoms with van der Waals surface area (Å²) in [6, 6.07) is 4.65. The Morgan fingerprint density at radius 3 is 2.75 bits per heavy atom. The molecular weight excluding hydrogens is 274 g/mol. The first-order valence-electron chi connectivity index (χ1n) is 5.09. The van der Waals surface area contributed by atoms with Crippen molar-refractivity contribution in [3.63, 3.8) is 0 Å². The van der Waals surface area contributed by atoms with E-state index in [2.05, 4.69) is 15.9 Å². The maximum atomic E-state index is 10.5. The lowest BCUT2D eigenvalue weighted by Crippen LogP contribution is -1.99. The van der Waals surface area contributed by atoms with E-state index in [-0.39, 0.29) is 5.69 Å². The number of ether oxygens (including phenoxy) is 1. The number of rotatable bonds is 6. The highest BCUT2D eigenvalue weighted by Gasteiger charge is 2.08. The Hall–Kier alpha value is -1.10. The third-order valence-electron chi connectivity index (χ3n) is 2.15. The lowest BCUT2D eigenvalue weighted by Gasteiger charge is -2.08. The summed E-state index contributed by atoms with van der Waals surface area (Å²) in [5.74, 6) is 0.722. The fourth-order valence-electron chi connectivity index (χ4n) is 1.29. The van der Waals surface area contributed by atoms with Crippen molar-refractivity contribution in [2.24, 2.45) is 0 Å². The highest BCUT2D eigenvalue weighted by Crippen LogP contribution is 2.23. The molecule has 0 bridgehead atoms. The summed E-state index contributed by atoms with van der Waals surface area (Å²) < 4.78 is 5.53. The second-order valence-corrected chi connectivity index (χ2v) is 4.24. The first kappa shape index (κ1) is 13.0. The van der Waals surface area contributed by atoms with Crippen LogP contribution in [0.1, 0.15) is 18.4 Å². The van der Waals surface area contributed by atoms with Crippen molar-refractivity contribution in [3.8, 4) is 5.75 Å². The van der Waals surface area contributed by atoms with E-state index in [4.69, 9.17) is 4.74 Å². The van der Waals surface area contributed by atoms with Crippen LogP contribution < -0.4 is 4.74 Å². The maximum Gasteiger partial charge on any atom is 0.269 e. The minimum atomic E-state index is -0.401. The van der Waals surface area contributed by atoms with Gasteiger partial charge in [0.15, 0.2) is 0 Å². The second-order valence-electron chi connectivity index (χ2n) is 3.45. The zero-order valence-electron chi connectivity index (χ0n) is 9.11. The number of nitro groups is 1. The lowest BCUT2D eigenvalue weighted by atomic mass is 10.2. The summed E-state index contributed by atoms with van der Waals surface area (Å²) in [5, 5.41) is 11.5. The second kappa shape index (κ2) is 6.48. The van der Waals surface area contributed by atoms with Gasteiger partial charge in [-0.05, 0) is 31.4 Å². The molecule has 0 atom stereocenters. The molecule has 0 aliphatic rings. The molecule has 0 aliphatic heterocycles. The van der Waals surface area contributed by atoms with Gasteiger partial charge in [-0.15, -0.1) is 0 Å². The minimum Gasteiger partial charge on any atom is -0.493 e. The molecule has 0 unspecified atom stereocenters. The molecule has 0 aromatic heterocycles. The van der Waals surface area contributed by atoms with Crippen LogP contribution in [0.5, 0.6) is 5.75 Å². The maximum absolute atomic E-state index is 10.5. The van der Waals surface area contributed by atoms with Gasteiger partial charge in [0, 0.05) is 17.5 Å². The van der Waals surface area contributed by atoms with E-state index in [0.717, 1.165) is 29.5 Å². The van der Waals surface area contributed by atoms with E-state index in [9.17, 15) is 10.1 Å². The van der Waals surface area contributed by atoms with Crippen LogP contribution in [0.25, 0.3) is 0 Å². The monoisotopic (exact) mass is 287 g/mol. The van der Waals surface area contributed by atoms with Gasteiger partial charge >= 0.3 is 0 Å². The standard InChI is InChI=1S/C11H14BrNO3/c1-9-8-10(13(14)15)4-5-11(9)16-7-3-2-6-12/h4-5,8H,2-3,6-7H2,1H3. The van der Waals surface area contributed by atoms with E-state index < -0.39 is 4.92 Å². The van der Waals surface area contributed by atoms with Crippen LogP contribution in [0.2, 0.25) is 0 Å². The zero-order valence-corrected chi connectivity index (χ0v) is 10.7. The summed E-state index contributed by atoms with van der Waals surface area (Å²) in [5.41, 5.74) is 0.901. The fourth-order valence-corrected chi connectivity index (χ4v) is 1.68. The van der Waals surface area contributed by atoms with Gasteiger partial charge in [-0.2, -0.15) is 0 Å². The number of alkyl halides is 1. The van der Waals surface area contributed by atoms with Crippen LogP contribution in [0.4, 0.5) is 5.69 Å². The first-order chi connectivity index (χ1) is 7.65. The molecule has 0 spiro atoms. The van der Waals surface area contributed by atoms with Gasteiger partial charge in [-0.3, -0.25) is 10.1 Å². The van der Waals surface area contributed by atoms with E-state index in [0.29, 0.717) is 6.61 Å². The molecule has 0 heterocycles. The Balaban J connectivity index is 2.57. The minimum absolute atomic E-state index is 0.102. The summed E-state index contributed by atoms with van der Waals surface area (Å²) in [6.07, 6.45) is 2.04. The predicted octanol–water partition coefficient (Wildman–Crippen LogP) is 3.46. The number of nitrogens with zero attached hydrogens (tertiary/aromatic N) is 1. The van der Waals surface area contributed by atoms with Gasteiger partial charge in [0.05, 0.1) is 11.5 Å². The summed E-state index contributed by atoms with van der Waals surface area (Å²) >= 11 is 3.35. The average Bonchev–Trinajstić information content (AvgIpc) is 2.26. The van der Waals surface area contributed by atoms with Crippen LogP contribution in [0.3, 0.4) is 0 Å². The van der Waals surface area contributed by atoms with Crippen molar-refractivity contribution < 1.29 is 9.66 Å². The molecule has 16 heavy (non-hydrogen) atoms. The molecule has 0 N–H and O–H groups in total. The van der Waals surface area contributed by atoms with Crippen LogP contribution in [0, 0.1) is 17.0 Å². The summed E-state index contributed by atoms with van der Waals surface area (Å²) in [6.45, 7) is 2.46. The van der Waals surface area contributed by atoms with E-state index in [1.165, 1.54) is 12.1 Å². The number of hydrogen-bond acceptors (Lipinski definition) is 3. The lowest BCUT2D eigenvalue weighted by molar-refractivity contribution is -0.384. The number of hydrogen-bond donors (Lipinski definition) is 0. The van der Waals surface area contributed by atoms with Gasteiger partial charge in [-0.25, -0.2) is 0 Å². The SMILES string of the molecule is Cc1cc([N+](=O)[O-])ccc1OCCCCBr. The molecular formula is C11H14BrNO3. The molecule has 0 fully saturated rings. The van der Waals surface area contributed by atoms with Gasteiger partial charge in [0.25, 0.3) is 5.69 Å². The van der Waals surface area contributed by atoms with Gasteiger partial charge in [0.1, 0.15) is 5.75 Å². The highest BCUT2D eigenvalue weighted by molar-refractivity contribution is 9.09. The zero-order chi connectivity index (χ0) is 12.0. The van der Waals surface area contributed by atoms with E-state index >= 15 is 0 Å². The van der Waals surface area contributed by atoms with Crippen molar-refractivity contribution in [3.05, 3.63) is 33.9 Å². The topological polar surface area (TPSA) is 52.4 Å². The van der Waals surface area contributed by atoms with Crippen molar-refractivity contribution in [1.29, 1.82) is 0 Å². The molecule has 0 aliphatic carbocycles. The molecule has 1 rings (SSSR count). The fraction of sp³-hybridized carbons (Fsp3) is 0.455. The molecule has 0 radical (unpaired) electrons. The molecule has 88 valence electrons. The van der Waals surface area contributed by atoms with Crippen molar-refractivity contribution in [2.75, 3.05) is 11.9 Å². The third-order valence-corrected chi connectivity index (χ3v) is 2.72. The van der Waals surface area contributed by atoms with Crippen LogP contribution in [-0.4, -0.2) is 16.9 Å². The number of unbranched alkanes of at least 4 members (excludes halogenated alkanes) is 1. The van der Waals surface area contributed by atoms with Crippen molar-refractivity contribution >= 4 is 21.6 Å². The third kappa shape index (κ3) is 3.81. The van der Waals surface area contributed by atoms with Gasteiger partial charge in [0.2, 0.25) is 0 Å². The highest BCUT2D eigenvalue weighted by atomic mass is 79.9. The number of nitro benzene ring substituents is 1. The molecule has 1 aromatic rings. The number of benzene rings is 1. The van der Waals surface area contributed by atoms with Crippen LogP contribution in [0.15, 0.2) is 18.2 Å². The van der Waals surface area contributed by atoms with Crippen molar-refractivity contribution in [2.45, 2.75) is 19.8 Å². The molecule has 1 aromatic carbocycles. The number of non-ortho nitro benzene ring substituents is 1. The van der Waals surface area contributed by atoms with Crippen LogP contribution >= 0.6 is 15.9 Å².